The van der Waals surface area contributed by atoms with E-state index >= 15 is 0 Å². The molecule has 0 aromatic carbocycles. The summed E-state index contributed by atoms with van der Waals surface area (Å²) in [6, 6.07) is 3.30. The summed E-state index contributed by atoms with van der Waals surface area (Å²) < 4.78 is 5.76. The lowest BCUT2D eigenvalue weighted by Crippen LogP contribution is -2.08. The second-order valence-electron chi connectivity index (χ2n) is 6.15. The standard InChI is InChI=1S/C20H20ClNO3/c21-16-5-3-12-22-20(16)18(24)10-9-17(23)14-6-7-15-4-1-2-13-25-19(15)11-8-14/h3,5-6,8,11-12H,1-2,4,7,9-10,13H2. The van der Waals surface area contributed by atoms with E-state index in [2.05, 4.69) is 4.98 Å². The molecule has 0 radical (unpaired) electrons. The third kappa shape index (κ3) is 4.45. The van der Waals surface area contributed by atoms with Crippen LogP contribution in [-0.4, -0.2) is 23.2 Å². The zero-order valence-corrected chi connectivity index (χ0v) is 14.7. The number of hydrogen-bond donors (Lipinski definition) is 0. The summed E-state index contributed by atoms with van der Waals surface area (Å²) in [6.45, 7) is 0.728. The number of Topliss-reactive ketones (excluding diaryl/α,β-unsaturated/α-hetero) is 2. The zero-order chi connectivity index (χ0) is 17.6. The van der Waals surface area contributed by atoms with Crippen molar-refractivity contribution < 1.29 is 14.3 Å². The van der Waals surface area contributed by atoms with Crippen molar-refractivity contribution in [2.24, 2.45) is 0 Å². The van der Waals surface area contributed by atoms with Crippen molar-refractivity contribution in [3.05, 3.63) is 64.2 Å². The molecule has 1 aliphatic heterocycles. The summed E-state index contributed by atoms with van der Waals surface area (Å²) in [5.74, 6) is 0.636. The minimum atomic E-state index is -0.214. The number of nitrogens with zero attached hydrogens (tertiary/aromatic N) is 1. The van der Waals surface area contributed by atoms with Crippen LogP contribution in [0.25, 0.3) is 0 Å². The fourth-order valence-electron chi connectivity index (χ4n) is 2.97. The second-order valence-corrected chi connectivity index (χ2v) is 6.56. The molecule has 0 saturated heterocycles. The Bertz CT molecular complexity index is 777. The number of halogens is 1. The molecule has 0 saturated carbocycles. The van der Waals surface area contributed by atoms with Crippen LogP contribution in [0, 0.1) is 0 Å². The Balaban J connectivity index is 1.61. The van der Waals surface area contributed by atoms with Crippen LogP contribution >= 0.6 is 11.6 Å². The maximum atomic E-state index is 12.5. The highest BCUT2D eigenvalue weighted by molar-refractivity contribution is 6.33. The van der Waals surface area contributed by atoms with Gasteiger partial charge in [-0.05, 0) is 55.5 Å². The van der Waals surface area contributed by atoms with Gasteiger partial charge in [0.2, 0.25) is 0 Å². The van der Waals surface area contributed by atoms with Gasteiger partial charge in [-0.15, -0.1) is 0 Å². The molecule has 1 aliphatic carbocycles. The van der Waals surface area contributed by atoms with E-state index in [-0.39, 0.29) is 30.1 Å². The number of rotatable bonds is 5. The Kier molecular flexibility index (Phi) is 5.82. The Hall–Kier alpha value is -2.20. The van der Waals surface area contributed by atoms with E-state index in [9.17, 15) is 9.59 Å². The molecule has 5 heteroatoms. The van der Waals surface area contributed by atoms with Gasteiger partial charge < -0.3 is 4.74 Å². The lowest BCUT2D eigenvalue weighted by Gasteiger charge is -2.06. The Morgan fingerprint density at radius 3 is 2.84 bits per heavy atom. The van der Waals surface area contributed by atoms with E-state index in [0.29, 0.717) is 10.6 Å². The van der Waals surface area contributed by atoms with Crippen LogP contribution in [0.15, 0.2) is 53.5 Å². The van der Waals surface area contributed by atoms with Gasteiger partial charge in [-0.25, -0.2) is 0 Å². The minimum Gasteiger partial charge on any atom is -0.494 e. The topological polar surface area (TPSA) is 56.3 Å². The van der Waals surface area contributed by atoms with E-state index in [1.54, 1.807) is 18.2 Å². The molecule has 0 spiro atoms. The molecule has 2 heterocycles. The van der Waals surface area contributed by atoms with Crippen LogP contribution in [0.5, 0.6) is 0 Å². The Morgan fingerprint density at radius 1 is 1.16 bits per heavy atom. The summed E-state index contributed by atoms with van der Waals surface area (Å²) in [6.07, 6.45) is 11.3. The van der Waals surface area contributed by atoms with Crippen molar-refractivity contribution in [1.82, 2.24) is 4.98 Å². The third-order valence-electron chi connectivity index (χ3n) is 4.39. The minimum absolute atomic E-state index is 0.0469. The van der Waals surface area contributed by atoms with Crippen molar-refractivity contribution in [2.75, 3.05) is 6.61 Å². The number of aromatic nitrogens is 1. The smallest absolute Gasteiger partial charge is 0.183 e. The molecule has 0 atom stereocenters. The zero-order valence-electron chi connectivity index (χ0n) is 14.0. The largest absolute Gasteiger partial charge is 0.494 e. The molecule has 2 aliphatic rings. The predicted molar refractivity (Wildman–Crippen MR) is 96.5 cm³/mol. The van der Waals surface area contributed by atoms with Gasteiger partial charge in [0, 0.05) is 24.6 Å². The van der Waals surface area contributed by atoms with Gasteiger partial charge in [-0.3, -0.25) is 14.6 Å². The van der Waals surface area contributed by atoms with Gasteiger partial charge in [0.1, 0.15) is 11.5 Å². The summed E-state index contributed by atoms with van der Waals surface area (Å²) in [7, 11) is 0. The van der Waals surface area contributed by atoms with E-state index in [0.717, 1.165) is 38.0 Å². The number of ether oxygens (including phenoxy) is 1. The normalized spacial score (nSPS) is 17.1. The van der Waals surface area contributed by atoms with Crippen LogP contribution in [0.1, 0.15) is 49.0 Å². The van der Waals surface area contributed by atoms with Crippen LogP contribution in [0.4, 0.5) is 0 Å². The molecule has 0 unspecified atom stereocenters. The molecular weight excluding hydrogens is 338 g/mol. The number of carbonyl (C=O) groups excluding carboxylic acids is 2. The van der Waals surface area contributed by atoms with Gasteiger partial charge in [-0.1, -0.05) is 17.7 Å². The predicted octanol–water partition coefficient (Wildman–Crippen LogP) is 4.61. The molecule has 1 aromatic rings. The van der Waals surface area contributed by atoms with Crippen molar-refractivity contribution >= 4 is 23.2 Å². The molecule has 0 amide bonds. The number of carbonyl (C=O) groups is 2. The quantitative estimate of drug-likeness (QED) is 0.722. The van der Waals surface area contributed by atoms with Gasteiger partial charge in [0.15, 0.2) is 11.6 Å². The fourth-order valence-corrected chi connectivity index (χ4v) is 3.20. The summed E-state index contributed by atoms with van der Waals surface area (Å²) >= 11 is 5.98. The van der Waals surface area contributed by atoms with Crippen LogP contribution < -0.4 is 0 Å². The summed E-state index contributed by atoms with van der Waals surface area (Å²) in [5, 5.41) is 0.318. The second kappa shape index (κ2) is 8.26. The average molecular weight is 358 g/mol. The summed E-state index contributed by atoms with van der Waals surface area (Å²) in [5.41, 5.74) is 2.11. The first-order chi connectivity index (χ1) is 12.1. The van der Waals surface area contributed by atoms with Gasteiger partial charge in [0.25, 0.3) is 0 Å². The first kappa shape index (κ1) is 17.6. The lowest BCUT2D eigenvalue weighted by molar-refractivity contribution is -0.115. The van der Waals surface area contributed by atoms with Gasteiger partial charge in [-0.2, -0.15) is 0 Å². The van der Waals surface area contributed by atoms with Gasteiger partial charge in [0.05, 0.1) is 11.6 Å². The fraction of sp³-hybridized carbons (Fsp3) is 0.350. The first-order valence-electron chi connectivity index (χ1n) is 8.55. The summed E-state index contributed by atoms with van der Waals surface area (Å²) in [4.78, 5) is 28.7. The van der Waals surface area contributed by atoms with E-state index in [1.807, 2.05) is 12.2 Å². The Morgan fingerprint density at radius 2 is 2.00 bits per heavy atom. The molecule has 25 heavy (non-hydrogen) atoms. The first-order valence-corrected chi connectivity index (χ1v) is 8.93. The highest BCUT2D eigenvalue weighted by Crippen LogP contribution is 2.27. The van der Waals surface area contributed by atoms with E-state index < -0.39 is 0 Å². The SMILES string of the molecule is O=C(CCC(=O)c1ncccc1Cl)C1=CCC2=C(C=C1)OCCCC2. The van der Waals surface area contributed by atoms with Crippen molar-refractivity contribution in [1.29, 1.82) is 0 Å². The molecule has 130 valence electrons. The molecule has 0 N–H and O–H groups in total. The maximum Gasteiger partial charge on any atom is 0.183 e. The van der Waals surface area contributed by atoms with Crippen LogP contribution in [0.2, 0.25) is 5.02 Å². The van der Waals surface area contributed by atoms with Crippen LogP contribution in [-0.2, 0) is 9.53 Å². The van der Waals surface area contributed by atoms with Crippen LogP contribution in [0.3, 0.4) is 0 Å². The molecule has 4 nitrogen and oxygen atoms in total. The Labute approximate surface area is 152 Å². The molecule has 1 aromatic heterocycles. The molecule has 3 rings (SSSR count). The highest BCUT2D eigenvalue weighted by atomic mass is 35.5. The lowest BCUT2D eigenvalue weighted by atomic mass is 10.0. The average Bonchev–Trinajstić information content (AvgIpc) is 2.95. The number of hydrogen-bond acceptors (Lipinski definition) is 4. The number of pyridine rings is 1. The maximum absolute atomic E-state index is 12.5. The molecule has 0 bridgehead atoms. The van der Waals surface area contributed by atoms with Crippen molar-refractivity contribution in [2.45, 2.75) is 38.5 Å². The van der Waals surface area contributed by atoms with Gasteiger partial charge >= 0.3 is 0 Å². The molecular formula is C20H20ClNO3. The van der Waals surface area contributed by atoms with Crippen molar-refractivity contribution in [3.63, 3.8) is 0 Å². The third-order valence-corrected chi connectivity index (χ3v) is 4.69. The van der Waals surface area contributed by atoms with E-state index in [1.165, 1.54) is 11.8 Å². The van der Waals surface area contributed by atoms with Crippen molar-refractivity contribution in [3.8, 4) is 0 Å². The highest BCUT2D eigenvalue weighted by Gasteiger charge is 2.17. The monoisotopic (exact) mass is 357 g/mol. The van der Waals surface area contributed by atoms with E-state index in [4.69, 9.17) is 16.3 Å². The molecule has 0 fully saturated rings. The number of ketones is 2. The number of allylic oxidation sites excluding steroid dienone is 5.